The number of halogens is 1. The largest absolute Gasteiger partial charge is 0.350 e. The molecule has 1 saturated carbocycles. The summed E-state index contributed by atoms with van der Waals surface area (Å²) in [5.41, 5.74) is 1.93. The quantitative estimate of drug-likeness (QED) is 0.811. The number of piperidine rings is 1. The number of hydrogen-bond acceptors (Lipinski definition) is 4. The van der Waals surface area contributed by atoms with Crippen molar-refractivity contribution < 1.29 is 14.0 Å². The van der Waals surface area contributed by atoms with Crippen LogP contribution in [0, 0.1) is 23.2 Å². The molecule has 2 saturated heterocycles. The van der Waals surface area contributed by atoms with Gasteiger partial charge in [-0.2, -0.15) is 10.4 Å². The molecule has 2 aliphatic carbocycles. The van der Waals surface area contributed by atoms with Crippen LogP contribution < -0.4 is 5.32 Å². The van der Waals surface area contributed by atoms with Gasteiger partial charge in [0.05, 0.1) is 36.0 Å². The molecule has 1 aromatic rings. The molecule has 2 aliphatic heterocycles. The van der Waals surface area contributed by atoms with Gasteiger partial charge >= 0.3 is 0 Å². The van der Waals surface area contributed by atoms with Gasteiger partial charge in [0.25, 0.3) is 0 Å². The number of hydrogen-bond donors (Lipinski definition) is 2. The number of amides is 2. The first-order chi connectivity index (χ1) is 14.1. The number of fused-ring (bicyclic) bond motifs is 3. The van der Waals surface area contributed by atoms with Crippen molar-refractivity contribution >= 4 is 11.8 Å². The third-order valence-electron chi connectivity index (χ3n) is 7.43. The Hall–Kier alpha value is -2.43. The van der Waals surface area contributed by atoms with Crippen LogP contribution in [0.4, 0.5) is 4.39 Å². The SMILES string of the molecule is N#CC1CC(C(=O)N2[C@H]3CC[C@@H]2[C@@H](F)[C@H](NC(=O)C2CCCc4cn[nH]c42)C3)C1. The highest BCUT2D eigenvalue weighted by atomic mass is 19.1. The van der Waals surface area contributed by atoms with Crippen LogP contribution in [-0.2, 0) is 16.0 Å². The summed E-state index contributed by atoms with van der Waals surface area (Å²) in [5.74, 6) is -0.614. The summed E-state index contributed by atoms with van der Waals surface area (Å²) in [6.45, 7) is 0. The molecule has 5 rings (SSSR count). The monoisotopic (exact) mass is 399 g/mol. The van der Waals surface area contributed by atoms with Crippen LogP contribution in [0.5, 0.6) is 0 Å². The Morgan fingerprint density at radius 2 is 2.10 bits per heavy atom. The first-order valence-electron chi connectivity index (χ1n) is 10.7. The number of rotatable bonds is 3. The van der Waals surface area contributed by atoms with Crippen molar-refractivity contribution in [2.75, 3.05) is 0 Å². The predicted molar refractivity (Wildman–Crippen MR) is 101 cm³/mol. The number of nitrogens with zero attached hydrogens (tertiary/aromatic N) is 3. The highest BCUT2D eigenvalue weighted by Crippen LogP contribution is 2.42. The van der Waals surface area contributed by atoms with Gasteiger partial charge in [0.1, 0.15) is 6.17 Å². The van der Waals surface area contributed by atoms with E-state index in [9.17, 15) is 9.59 Å². The minimum atomic E-state index is -1.25. The highest BCUT2D eigenvalue weighted by Gasteiger charge is 2.52. The van der Waals surface area contributed by atoms with Crippen molar-refractivity contribution in [1.29, 1.82) is 5.26 Å². The number of aromatic nitrogens is 2. The Morgan fingerprint density at radius 3 is 2.90 bits per heavy atom. The maximum atomic E-state index is 15.4. The van der Waals surface area contributed by atoms with E-state index in [0.717, 1.165) is 36.9 Å². The molecule has 1 unspecified atom stereocenters. The van der Waals surface area contributed by atoms with Crippen LogP contribution in [0.3, 0.4) is 0 Å². The molecular weight excluding hydrogens is 373 g/mol. The molecule has 4 aliphatic rings. The van der Waals surface area contributed by atoms with E-state index >= 15 is 4.39 Å². The molecule has 2 N–H and O–H groups in total. The van der Waals surface area contributed by atoms with Gasteiger partial charge < -0.3 is 10.2 Å². The number of carbonyl (C=O) groups is 2. The maximum Gasteiger partial charge on any atom is 0.229 e. The molecule has 3 fully saturated rings. The third kappa shape index (κ3) is 3.02. The van der Waals surface area contributed by atoms with Crippen LogP contribution in [0.25, 0.3) is 0 Å². The smallest absolute Gasteiger partial charge is 0.229 e. The average Bonchev–Trinajstić information content (AvgIpc) is 3.29. The van der Waals surface area contributed by atoms with Crippen molar-refractivity contribution in [3.05, 3.63) is 17.5 Å². The van der Waals surface area contributed by atoms with Gasteiger partial charge in [-0.05, 0) is 56.9 Å². The van der Waals surface area contributed by atoms with Crippen molar-refractivity contribution in [1.82, 2.24) is 20.4 Å². The summed E-state index contributed by atoms with van der Waals surface area (Å²) in [5, 5.41) is 18.9. The van der Waals surface area contributed by atoms with Crippen LogP contribution in [0.15, 0.2) is 6.20 Å². The number of aryl methyl sites for hydroxylation is 1. The van der Waals surface area contributed by atoms with Gasteiger partial charge in [0.15, 0.2) is 0 Å². The second kappa shape index (κ2) is 7.12. The zero-order chi connectivity index (χ0) is 20.1. The highest BCUT2D eigenvalue weighted by molar-refractivity contribution is 5.84. The topological polar surface area (TPSA) is 102 Å². The van der Waals surface area contributed by atoms with Gasteiger partial charge in [-0.25, -0.2) is 4.39 Å². The molecule has 8 heteroatoms. The van der Waals surface area contributed by atoms with Crippen LogP contribution in [0.1, 0.15) is 62.1 Å². The van der Waals surface area contributed by atoms with Gasteiger partial charge in [-0.3, -0.25) is 14.7 Å². The van der Waals surface area contributed by atoms with Gasteiger partial charge in [0, 0.05) is 17.9 Å². The maximum absolute atomic E-state index is 15.4. The van der Waals surface area contributed by atoms with E-state index in [4.69, 9.17) is 5.26 Å². The lowest BCUT2D eigenvalue weighted by Crippen LogP contribution is -2.61. The number of nitrogens with one attached hydrogen (secondary N) is 2. The number of H-pyrrole nitrogens is 1. The molecule has 29 heavy (non-hydrogen) atoms. The van der Waals surface area contributed by atoms with E-state index in [1.54, 1.807) is 11.1 Å². The molecule has 2 bridgehead atoms. The standard InChI is InChI=1S/C21H26FN5O2/c22-18-16(25-20(28)15-3-1-2-12-10-24-26-19(12)15)8-14-4-5-17(18)27(14)21(29)13-6-11(7-13)9-23/h10-11,13-18H,1-8H2,(H,24,26)(H,25,28)/t11?,13?,14-,15?,16+,17+,18-/m0/s1. The minimum absolute atomic E-state index is 0.00538. The van der Waals surface area contributed by atoms with Crippen LogP contribution >= 0.6 is 0 Å². The molecule has 3 heterocycles. The first kappa shape index (κ1) is 18.6. The van der Waals surface area contributed by atoms with E-state index in [0.29, 0.717) is 25.7 Å². The molecule has 0 radical (unpaired) electrons. The Morgan fingerprint density at radius 1 is 1.28 bits per heavy atom. The molecule has 0 aromatic carbocycles. The number of alkyl halides is 1. The van der Waals surface area contributed by atoms with Crippen LogP contribution in [0.2, 0.25) is 0 Å². The van der Waals surface area contributed by atoms with Gasteiger partial charge in [0.2, 0.25) is 11.8 Å². The van der Waals surface area contributed by atoms with E-state index in [1.165, 1.54) is 0 Å². The zero-order valence-corrected chi connectivity index (χ0v) is 16.3. The molecule has 2 amide bonds. The predicted octanol–water partition coefficient (Wildman–Crippen LogP) is 1.97. The molecule has 154 valence electrons. The lowest BCUT2D eigenvalue weighted by atomic mass is 9.74. The van der Waals surface area contributed by atoms with E-state index in [1.807, 2.05) is 0 Å². The van der Waals surface area contributed by atoms with E-state index in [-0.39, 0.29) is 35.6 Å². The summed E-state index contributed by atoms with van der Waals surface area (Å²) < 4.78 is 15.4. The summed E-state index contributed by atoms with van der Waals surface area (Å²) in [6.07, 6.45) is 6.18. The molecular formula is C21H26FN5O2. The fourth-order valence-corrected chi connectivity index (χ4v) is 5.77. The molecule has 7 nitrogen and oxygen atoms in total. The minimum Gasteiger partial charge on any atom is -0.350 e. The fourth-order valence-electron chi connectivity index (χ4n) is 5.77. The van der Waals surface area contributed by atoms with Crippen molar-refractivity contribution in [2.45, 2.75) is 81.6 Å². The van der Waals surface area contributed by atoms with Gasteiger partial charge in [-0.15, -0.1) is 0 Å². The second-order valence-electron chi connectivity index (χ2n) is 9.09. The molecule has 0 spiro atoms. The third-order valence-corrected chi connectivity index (χ3v) is 7.43. The zero-order valence-electron chi connectivity index (χ0n) is 16.3. The van der Waals surface area contributed by atoms with Gasteiger partial charge in [-0.1, -0.05) is 0 Å². The fraction of sp³-hybridized carbons (Fsp3) is 0.714. The normalized spacial score (nSPS) is 37.9. The van der Waals surface area contributed by atoms with E-state index < -0.39 is 18.3 Å². The summed E-state index contributed by atoms with van der Waals surface area (Å²) >= 11 is 0. The molecule has 5 atom stereocenters. The summed E-state index contributed by atoms with van der Waals surface area (Å²) in [6, 6.07) is 1.18. The van der Waals surface area contributed by atoms with Crippen molar-refractivity contribution in [2.24, 2.45) is 11.8 Å². The summed E-state index contributed by atoms with van der Waals surface area (Å²) in [4.78, 5) is 27.6. The average molecular weight is 399 g/mol. The van der Waals surface area contributed by atoms with Crippen LogP contribution in [-0.4, -0.2) is 51.2 Å². The first-order valence-corrected chi connectivity index (χ1v) is 10.7. The summed E-state index contributed by atoms with van der Waals surface area (Å²) in [7, 11) is 0. The molecule has 1 aromatic heterocycles. The Balaban J connectivity index is 1.25. The lowest BCUT2D eigenvalue weighted by molar-refractivity contribution is -0.146. The number of nitriles is 1. The Labute approximate surface area is 169 Å². The van der Waals surface area contributed by atoms with Crippen molar-refractivity contribution in [3.63, 3.8) is 0 Å². The number of aromatic amines is 1. The second-order valence-corrected chi connectivity index (χ2v) is 9.09. The number of carbonyl (C=O) groups excluding carboxylic acids is 2. The van der Waals surface area contributed by atoms with E-state index in [2.05, 4.69) is 21.6 Å². The Kier molecular flexibility index (Phi) is 4.56. The lowest BCUT2D eigenvalue weighted by Gasteiger charge is -2.45. The van der Waals surface area contributed by atoms with Crippen molar-refractivity contribution in [3.8, 4) is 6.07 Å². The Bertz CT molecular complexity index is 857.